The Morgan fingerprint density at radius 2 is 2.00 bits per heavy atom. The first-order valence-electron chi connectivity index (χ1n) is 4.53. The van der Waals surface area contributed by atoms with E-state index in [1.54, 1.807) is 7.05 Å². The molecule has 0 aliphatic rings. The Hall–Kier alpha value is -1.10. The van der Waals surface area contributed by atoms with Crippen molar-refractivity contribution >= 4 is 11.9 Å². The van der Waals surface area contributed by atoms with E-state index in [-0.39, 0.29) is 19.1 Å². The fourth-order valence-electron chi connectivity index (χ4n) is 0.925. The number of aliphatic hydroxyl groups is 1. The van der Waals surface area contributed by atoms with Crippen molar-refractivity contribution in [3.63, 3.8) is 0 Å². The lowest BCUT2D eigenvalue weighted by Crippen LogP contribution is -2.32. The van der Waals surface area contributed by atoms with Gasteiger partial charge in [-0.2, -0.15) is 0 Å². The van der Waals surface area contributed by atoms with Crippen molar-refractivity contribution in [2.75, 3.05) is 27.3 Å². The van der Waals surface area contributed by atoms with E-state index in [1.807, 2.05) is 0 Å². The highest BCUT2D eigenvalue weighted by molar-refractivity contribution is 5.81. The van der Waals surface area contributed by atoms with Crippen molar-refractivity contribution in [2.24, 2.45) is 0 Å². The van der Waals surface area contributed by atoms with E-state index < -0.39 is 5.97 Å². The second kappa shape index (κ2) is 7.32. The third-order valence-corrected chi connectivity index (χ3v) is 1.82. The van der Waals surface area contributed by atoms with Crippen LogP contribution in [0.15, 0.2) is 0 Å². The maximum absolute atomic E-state index is 11.3. The van der Waals surface area contributed by atoms with E-state index in [1.165, 1.54) is 12.0 Å². The second-order valence-electron chi connectivity index (χ2n) is 3.01. The second-order valence-corrected chi connectivity index (χ2v) is 3.01. The molecule has 82 valence electrons. The summed E-state index contributed by atoms with van der Waals surface area (Å²) in [6, 6.07) is 0. The lowest BCUT2D eigenvalue weighted by atomic mass is 10.2. The minimum absolute atomic E-state index is 0.0194. The largest absolute Gasteiger partial charge is 0.468 e. The highest BCUT2D eigenvalue weighted by Crippen LogP contribution is 1.98. The van der Waals surface area contributed by atoms with Gasteiger partial charge in [-0.15, -0.1) is 0 Å². The minimum Gasteiger partial charge on any atom is -0.468 e. The number of aliphatic hydroxyl groups excluding tert-OH is 1. The van der Waals surface area contributed by atoms with Crippen LogP contribution < -0.4 is 0 Å². The summed E-state index contributed by atoms with van der Waals surface area (Å²) in [6.45, 7) is 0.0719. The van der Waals surface area contributed by atoms with Crippen LogP contribution in [0.4, 0.5) is 0 Å². The summed E-state index contributed by atoms with van der Waals surface area (Å²) >= 11 is 0. The number of unbranched alkanes of at least 4 members (excludes halogenated alkanes) is 1. The molecular weight excluding hydrogens is 186 g/mol. The number of likely N-dealkylation sites (N-methyl/N-ethyl adjacent to an activating group) is 1. The zero-order chi connectivity index (χ0) is 11.0. The molecule has 14 heavy (non-hydrogen) atoms. The first kappa shape index (κ1) is 12.9. The number of nitrogens with zero attached hydrogens (tertiary/aromatic N) is 1. The minimum atomic E-state index is -0.428. The molecule has 0 spiro atoms. The molecule has 0 saturated heterocycles. The number of methoxy groups -OCH3 is 1. The third-order valence-electron chi connectivity index (χ3n) is 1.82. The molecule has 0 rings (SSSR count). The van der Waals surface area contributed by atoms with Crippen LogP contribution in [0.1, 0.15) is 19.3 Å². The molecule has 0 radical (unpaired) electrons. The first-order chi connectivity index (χ1) is 6.61. The summed E-state index contributed by atoms with van der Waals surface area (Å²) in [6.07, 6.45) is 1.60. The molecular formula is C9H17NO4. The Labute approximate surface area is 83.6 Å². The van der Waals surface area contributed by atoms with Crippen LogP contribution >= 0.6 is 0 Å². The van der Waals surface area contributed by atoms with E-state index in [2.05, 4.69) is 4.74 Å². The van der Waals surface area contributed by atoms with E-state index >= 15 is 0 Å². The average Bonchev–Trinajstić information content (AvgIpc) is 2.17. The molecule has 0 aromatic rings. The summed E-state index contributed by atoms with van der Waals surface area (Å²) in [5.41, 5.74) is 0. The Morgan fingerprint density at radius 3 is 2.50 bits per heavy atom. The number of esters is 1. The van der Waals surface area contributed by atoms with Crippen molar-refractivity contribution < 1.29 is 19.4 Å². The summed E-state index contributed by atoms with van der Waals surface area (Å²) in [7, 11) is 2.84. The Bertz CT molecular complexity index is 193. The van der Waals surface area contributed by atoms with Gasteiger partial charge in [0.2, 0.25) is 5.91 Å². The SMILES string of the molecule is COC(=O)CN(C)C(=O)CCCCO. The quantitative estimate of drug-likeness (QED) is 0.479. The van der Waals surface area contributed by atoms with Gasteiger partial charge in [0, 0.05) is 20.1 Å². The molecule has 5 heteroatoms. The topological polar surface area (TPSA) is 66.8 Å². The number of hydrogen-bond donors (Lipinski definition) is 1. The number of carbonyl (C=O) groups is 2. The van der Waals surface area contributed by atoms with Gasteiger partial charge in [-0.05, 0) is 12.8 Å². The monoisotopic (exact) mass is 203 g/mol. The van der Waals surface area contributed by atoms with Gasteiger partial charge in [-0.3, -0.25) is 9.59 Å². The average molecular weight is 203 g/mol. The molecule has 0 saturated carbocycles. The van der Waals surface area contributed by atoms with Crippen molar-refractivity contribution in [1.82, 2.24) is 4.90 Å². The van der Waals surface area contributed by atoms with Crippen molar-refractivity contribution in [2.45, 2.75) is 19.3 Å². The molecule has 0 aliphatic heterocycles. The van der Waals surface area contributed by atoms with Gasteiger partial charge in [-0.1, -0.05) is 0 Å². The van der Waals surface area contributed by atoms with Gasteiger partial charge in [0.05, 0.1) is 7.11 Å². The fourth-order valence-corrected chi connectivity index (χ4v) is 0.925. The highest BCUT2D eigenvalue weighted by Gasteiger charge is 2.11. The Balaban J connectivity index is 3.70. The van der Waals surface area contributed by atoms with Crippen LogP contribution in [0.5, 0.6) is 0 Å². The summed E-state index contributed by atoms with van der Waals surface area (Å²) < 4.78 is 4.42. The molecule has 1 amide bonds. The predicted molar refractivity (Wildman–Crippen MR) is 50.6 cm³/mol. The maximum Gasteiger partial charge on any atom is 0.325 e. The molecule has 0 unspecified atom stereocenters. The smallest absolute Gasteiger partial charge is 0.325 e. The number of carbonyl (C=O) groups excluding carboxylic acids is 2. The number of hydrogen-bond acceptors (Lipinski definition) is 4. The van der Waals surface area contributed by atoms with Crippen LogP contribution in [0.2, 0.25) is 0 Å². The van der Waals surface area contributed by atoms with Gasteiger partial charge in [0.25, 0.3) is 0 Å². The zero-order valence-corrected chi connectivity index (χ0v) is 8.65. The summed E-state index contributed by atoms with van der Waals surface area (Å²) in [5.74, 6) is -0.535. The number of rotatable bonds is 6. The van der Waals surface area contributed by atoms with E-state index in [9.17, 15) is 9.59 Å². The molecule has 0 fully saturated rings. The van der Waals surface area contributed by atoms with E-state index in [4.69, 9.17) is 5.11 Å². The predicted octanol–water partition coefficient (Wildman–Crippen LogP) is -0.220. The number of ether oxygens (including phenoxy) is 1. The lowest BCUT2D eigenvalue weighted by Gasteiger charge is -2.15. The highest BCUT2D eigenvalue weighted by atomic mass is 16.5. The van der Waals surface area contributed by atoms with Crippen LogP contribution in [0, 0.1) is 0 Å². The van der Waals surface area contributed by atoms with Crippen molar-refractivity contribution in [3.8, 4) is 0 Å². The Morgan fingerprint density at radius 1 is 1.36 bits per heavy atom. The molecule has 0 bridgehead atoms. The summed E-state index contributed by atoms with van der Waals surface area (Å²) in [5, 5.41) is 8.50. The molecule has 5 nitrogen and oxygen atoms in total. The molecule has 0 atom stereocenters. The van der Waals surface area contributed by atoms with Gasteiger partial charge in [-0.25, -0.2) is 0 Å². The molecule has 0 heterocycles. The maximum atomic E-state index is 11.3. The molecule has 0 aliphatic carbocycles. The zero-order valence-electron chi connectivity index (χ0n) is 8.65. The van der Waals surface area contributed by atoms with Crippen LogP contribution in [0.25, 0.3) is 0 Å². The lowest BCUT2D eigenvalue weighted by molar-refractivity contribution is -0.146. The number of amides is 1. The van der Waals surface area contributed by atoms with Crippen LogP contribution in [-0.4, -0.2) is 49.2 Å². The van der Waals surface area contributed by atoms with Crippen molar-refractivity contribution in [3.05, 3.63) is 0 Å². The van der Waals surface area contributed by atoms with Crippen molar-refractivity contribution in [1.29, 1.82) is 0 Å². The Kier molecular flexibility index (Phi) is 6.74. The van der Waals surface area contributed by atoms with Gasteiger partial charge >= 0.3 is 5.97 Å². The van der Waals surface area contributed by atoms with Gasteiger partial charge in [0.15, 0.2) is 0 Å². The summed E-state index contributed by atoms with van der Waals surface area (Å²) in [4.78, 5) is 23.4. The first-order valence-corrected chi connectivity index (χ1v) is 4.53. The third kappa shape index (κ3) is 5.53. The standard InChI is InChI=1S/C9H17NO4/c1-10(7-9(13)14-2)8(12)5-3-4-6-11/h11H,3-7H2,1-2H3. The normalized spacial score (nSPS) is 9.64. The molecule has 0 aromatic carbocycles. The molecule has 1 N–H and O–H groups in total. The van der Waals surface area contributed by atoms with E-state index in [0.717, 1.165) is 0 Å². The van der Waals surface area contributed by atoms with E-state index in [0.29, 0.717) is 19.3 Å². The van der Waals surface area contributed by atoms with Gasteiger partial charge in [0.1, 0.15) is 6.54 Å². The van der Waals surface area contributed by atoms with Gasteiger partial charge < -0.3 is 14.7 Å². The van der Waals surface area contributed by atoms with Crippen LogP contribution in [-0.2, 0) is 14.3 Å². The molecule has 0 aromatic heterocycles. The fraction of sp³-hybridized carbons (Fsp3) is 0.778. The van der Waals surface area contributed by atoms with Crippen LogP contribution in [0.3, 0.4) is 0 Å².